The molecular weight excluding hydrogens is 192 g/mol. The Balaban J connectivity index is 2.53. The zero-order valence-electron chi connectivity index (χ0n) is 9.84. The molecule has 0 radical (unpaired) electrons. The smallest absolute Gasteiger partial charge is 0.333 e. The van der Waals surface area contributed by atoms with E-state index in [1.807, 2.05) is 13.0 Å². The second kappa shape index (κ2) is 5.31. The van der Waals surface area contributed by atoms with Gasteiger partial charge in [0, 0.05) is 12.0 Å². The quantitative estimate of drug-likeness (QED) is 0.518. The minimum Gasteiger partial charge on any atom is -0.462 e. The van der Waals surface area contributed by atoms with E-state index in [9.17, 15) is 4.79 Å². The summed E-state index contributed by atoms with van der Waals surface area (Å²) in [6.07, 6.45) is 4.68. The van der Waals surface area contributed by atoms with Gasteiger partial charge >= 0.3 is 5.97 Å². The van der Waals surface area contributed by atoms with Gasteiger partial charge in [-0.05, 0) is 25.8 Å². The van der Waals surface area contributed by atoms with Crippen LogP contribution in [0.5, 0.6) is 0 Å². The van der Waals surface area contributed by atoms with Crippen LogP contribution < -0.4 is 0 Å². The predicted octanol–water partition coefficient (Wildman–Crippen LogP) is 2.46. The first kappa shape index (κ1) is 12.2. The van der Waals surface area contributed by atoms with E-state index in [4.69, 9.17) is 9.47 Å². The molecule has 1 atom stereocenters. The Bertz CT molecular complexity index is 246. The van der Waals surface area contributed by atoms with Gasteiger partial charge in [0.2, 0.25) is 0 Å². The van der Waals surface area contributed by atoms with Crippen LogP contribution in [0.3, 0.4) is 0 Å². The molecule has 3 heteroatoms. The van der Waals surface area contributed by atoms with Crippen molar-refractivity contribution < 1.29 is 14.3 Å². The molecule has 0 aromatic heterocycles. The topological polar surface area (TPSA) is 35.5 Å². The van der Waals surface area contributed by atoms with Gasteiger partial charge in [0.05, 0.1) is 18.8 Å². The summed E-state index contributed by atoms with van der Waals surface area (Å²) in [4.78, 5) is 11.5. The van der Waals surface area contributed by atoms with Crippen LogP contribution in [0.25, 0.3) is 0 Å². The first-order valence-corrected chi connectivity index (χ1v) is 5.64. The highest BCUT2D eigenvalue weighted by atomic mass is 16.5. The van der Waals surface area contributed by atoms with E-state index < -0.39 is 0 Å². The minimum absolute atomic E-state index is 0.199. The molecule has 1 aliphatic rings. The molecule has 1 heterocycles. The van der Waals surface area contributed by atoms with Crippen molar-refractivity contribution in [3.05, 3.63) is 11.6 Å². The zero-order chi connectivity index (χ0) is 11.3. The number of ether oxygens (including phenoxy) is 2. The van der Waals surface area contributed by atoms with E-state index >= 15 is 0 Å². The predicted molar refractivity (Wildman–Crippen MR) is 58.6 cm³/mol. The lowest BCUT2D eigenvalue weighted by molar-refractivity contribution is -0.140. The van der Waals surface area contributed by atoms with Gasteiger partial charge in [-0.15, -0.1) is 0 Å². The summed E-state index contributed by atoms with van der Waals surface area (Å²) < 4.78 is 10.6. The van der Waals surface area contributed by atoms with E-state index in [1.54, 1.807) is 6.92 Å². The van der Waals surface area contributed by atoms with Gasteiger partial charge in [0.15, 0.2) is 0 Å². The molecular formula is C12H20O3. The van der Waals surface area contributed by atoms with Crippen LogP contribution >= 0.6 is 0 Å². The fraction of sp³-hybridized carbons (Fsp3) is 0.750. The van der Waals surface area contributed by atoms with Crippen LogP contribution in [0.2, 0.25) is 0 Å². The molecule has 0 N–H and O–H groups in total. The van der Waals surface area contributed by atoms with Gasteiger partial charge in [-0.2, -0.15) is 0 Å². The number of esters is 1. The molecule has 0 amide bonds. The summed E-state index contributed by atoms with van der Waals surface area (Å²) in [6.45, 7) is 7.12. The van der Waals surface area contributed by atoms with Gasteiger partial charge < -0.3 is 9.47 Å². The van der Waals surface area contributed by atoms with Crippen LogP contribution in [-0.4, -0.2) is 24.8 Å². The highest BCUT2D eigenvalue weighted by molar-refractivity contribution is 5.88. The average molecular weight is 212 g/mol. The lowest BCUT2D eigenvalue weighted by atomic mass is 9.89. The average Bonchev–Trinajstić information content (AvgIpc) is 2.19. The van der Waals surface area contributed by atoms with Crippen molar-refractivity contribution in [1.29, 1.82) is 0 Å². The Morgan fingerprint density at radius 1 is 1.53 bits per heavy atom. The Morgan fingerprint density at radius 2 is 2.20 bits per heavy atom. The first-order valence-electron chi connectivity index (χ1n) is 5.64. The van der Waals surface area contributed by atoms with Crippen molar-refractivity contribution in [3.63, 3.8) is 0 Å². The molecule has 1 unspecified atom stereocenters. The third-order valence-electron chi connectivity index (χ3n) is 2.75. The highest BCUT2D eigenvalue weighted by Gasteiger charge is 2.34. The van der Waals surface area contributed by atoms with Crippen LogP contribution in [-0.2, 0) is 14.3 Å². The maximum Gasteiger partial charge on any atom is 0.333 e. The van der Waals surface area contributed by atoms with E-state index in [1.165, 1.54) is 0 Å². The molecule has 3 nitrogen and oxygen atoms in total. The van der Waals surface area contributed by atoms with Gasteiger partial charge in [0.25, 0.3) is 0 Å². The SMILES string of the molecule is CCCOC(=O)C(C)=CC1(CC)CCO1. The van der Waals surface area contributed by atoms with Crippen LogP contribution in [0.1, 0.15) is 40.0 Å². The van der Waals surface area contributed by atoms with E-state index in [2.05, 4.69) is 6.92 Å². The fourth-order valence-corrected chi connectivity index (χ4v) is 1.62. The van der Waals surface area contributed by atoms with Crippen molar-refractivity contribution >= 4 is 5.97 Å². The van der Waals surface area contributed by atoms with Crippen molar-refractivity contribution in [2.24, 2.45) is 0 Å². The normalized spacial score (nSPS) is 25.9. The number of rotatable bonds is 5. The molecule has 15 heavy (non-hydrogen) atoms. The molecule has 1 rings (SSSR count). The second-order valence-corrected chi connectivity index (χ2v) is 3.98. The van der Waals surface area contributed by atoms with Gasteiger partial charge in [0.1, 0.15) is 0 Å². The third-order valence-corrected chi connectivity index (χ3v) is 2.75. The van der Waals surface area contributed by atoms with Crippen LogP contribution in [0.15, 0.2) is 11.6 Å². The summed E-state index contributed by atoms with van der Waals surface area (Å²) >= 11 is 0. The first-order chi connectivity index (χ1) is 7.13. The second-order valence-electron chi connectivity index (χ2n) is 3.98. The molecule has 0 saturated carbocycles. The molecule has 0 aromatic carbocycles. The summed E-state index contributed by atoms with van der Waals surface area (Å²) in [6, 6.07) is 0. The van der Waals surface area contributed by atoms with E-state index in [0.717, 1.165) is 25.9 Å². The summed E-state index contributed by atoms with van der Waals surface area (Å²) in [7, 11) is 0. The summed E-state index contributed by atoms with van der Waals surface area (Å²) in [5.74, 6) is -0.222. The van der Waals surface area contributed by atoms with Crippen molar-refractivity contribution in [1.82, 2.24) is 0 Å². The molecule has 1 saturated heterocycles. The molecule has 0 aromatic rings. The molecule has 0 aliphatic carbocycles. The van der Waals surface area contributed by atoms with Gasteiger partial charge in [-0.25, -0.2) is 4.79 Å². The number of hydrogen-bond acceptors (Lipinski definition) is 3. The van der Waals surface area contributed by atoms with Crippen LogP contribution in [0.4, 0.5) is 0 Å². The largest absolute Gasteiger partial charge is 0.462 e. The maximum absolute atomic E-state index is 11.5. The summed E-state index contributed by atoms with van der Waals surface area (Å²) in [5, 5.41) is 0. The summed E-state index contributed by atoms with van der Waals surface area (Å²) in [5.41, 5.74) is 0.458. The van der Waals surface area contributed by atoms with E-state index in [-0.39, 0.29) is 11.6 Å². The Kier molecular flexibility index (Phi) is 4.33. The third kappa shape index (κ3) is 3.06. The van der Waals surface area contributed by atoms with Crippen molar-refractivity contribution in [3.8, 4) is 0 Å². The highest BCUT2D eigenvalue weighted by Crippen LogP contribution is 2.32. The molecule has 0 spiro atoms. The van der Waals surface area contributed by atoms with Crippen LogP contribution in [0, 0.1) is 0 Å². The standard InChI is InChI=1S/C12H20O3/c1-4-7-14-11(13)10(3)9-12(5-2)6-8-15-12/h9H,4-8H2,1-3H3. The molecule has 1 fully saturated rings. The minimum atomic E-state index is -0.222. The molecule has 86 valence electrons. The van der Waals surface area contributed by atoms with Gasteiger partial charge in [-0.3, -0.25) is 0 Å². The number of carbonyl (C=O) groups is 1. The zero-order valence-corrected chi connectivity index (χ0v) is 9.84. The molecule has 1 aliphatic heterocycles. The fourth-order valence-electron chi connectivity index (χ4n) is 1.62. The van der Waals surface area contributed by atoms with Crippen molar-refractivity contribution in [2.45, 2.75) is 45.6 Å². The Labute approximate surface area is 91.4 Å². The maximum atomic E-state index is 11.5. The Hall–Kier alpha value is -0.830. The van der Waals surface area contributed by atoms with Crippen molar-refractivity contribution in [2.75, 3.05) is 13.2 Å². The number of hydrogen-bond donors (Lipinski definition) is 0. The monoisotopic (exact) mass is 212 g/mol. The number of carbonyl (C=O) groups excluding carboxylic acids is 1. The lowest BCUT2D eigenvalue weighted by Gasteiger charge is -2.39. The Morgan fingerprint density at radius 3 is 2.60 bits per heavy atom. The lowest BCUT2D eigenvalue weighted by Crippen LogP contribution is -2.41. The van der Waals surface area contributed by atoms with E-state index in [0.29, 0.717) is 12.2 Å². The van der Waals surface area contributed by atoms with Gasteiger partial charge in [-0.1, -0.05) is 13.8 Å². The molecule has 0 bridgehead atoms.